The van der Waals surface area contributed by atoms with Crippen molar-refractivity contribution in [3.05, 3.63) is 11.4 Å². The first-order chi connectivity index (χ1) is 10.1. The number of hydrogen-bond acceptors (Lipinski definition) is 6. The molecule has 8 nitrogen and oxygen atoms in total. The zero-order chi connectivity index (χ0) is 15.7. The Bertz CT molecular complexity index is 433. The predicted octanol–water partition coefficient (Wildman–Crippen LogP) is 0.779. The maximum absolute atomic E-state index is 11.1. The van der Waals surface area contributed by atoms with Crippen LogP contribution in [0.4, 0.5) is 0 Å². The summed E-state index contributed by atoms with van der Waals surface area (Å²) in [5.41, 5.74) is 0.621. The third-order valence-electron chi connectivity index (χ3n) is 2.77. The standard InChI is InChI=1S/C13H23N3O5/c1-10(2)12-11(13(17)18)14-15-16(12)4-5-20-8-9-21-7-6-19-3/h10H,4-9H2,1-3H3,(H,17,18). The molecule has 1 rings (SSSR count). The Morgan fingerprint density at radius 1 is 1.19 bits per heavy atom. The second-order valence-corrected chi connectivity index (χ2v) is 4.72. The second-order valence-electron chi connectivity index (χ2n) is 4.72. The van der Waals surface area contributed by atoms with Crippen LogP contribution in [0, 0.1) is 0 Å². The van der Waals surface area contributed by atoms with Crippen LogP contribution in [0.5, 0.6) is 0 Å². The highest BCUT2D eigenvalue weighted by Gasteiger charge is 2.21. The van der Waals surface area contributed by atoms with Crippen LogP contribution in [-0.4, -0.2) is 66.2 Å². The van der Waals surface area contributed by atoms with Crippen LogP contribution in [0.25, 0.3) is 0 Å². The highest BCUT2D eigenvalue weighted by Crippen LogP contribution is 2.17. The zero-order valence-corrected chi connectivity index (χ0v) is 12.7. The van der Waals surface area contributed by atoms with Crippen molar-refractivity contribution in [3.8, 4) is 0 Å². The van der Waals surface area contributed by atoms with Gasteiger partial charge in [-0.3, -0.25) is 0 Å². The van der Waals surface area contributed by atoms with Crippen molar-refractivity contribution >= 4 is 5.97 Å². The molecule has 0 fully saturated rings. The van der Waals surface area contributed by atoms with Crippen molar-refractivity contribution in [2.75, 3.05) is 40.1 Å². The summed E-state index contributed by atoms with van der Waals surface area (Å²) < 4.78 is 17.1. The largest absolute Gasteiger partial charge is 0.476 e. The van der Waals surface area contributed by atoms with Crippen LogP contribution >= 0.6 is 0 Å². The van der Waals surface area contributed by atoms with E-state index in [0.717, 1.165) is 0 Å². The number of rotatable bonds is 11. The van der Waals surface area contributed by atoms with Crippen LogP contribution < -0.4 is 0 Å². The molecule has 0 radical (unpaired) electrons. The topological polar surface area (TPSA) is 95.7 Å². The molecule has 0 aliphatic heterocycles. The lowest BCUT2D eigenvalue weighted by molar-refractivity contribution is 0.0223. The van der Waals surface area contributed by atoms with Gasteiger partial charge in [0.2, 0.25) is 0 Å². The monoisotopic (exact) mass is 301 g/mol. The maximum atomic E-state index is 11.1. The summed E-state index contributed by atoms with van der Waals surface area (Å²) in [4.78, 5) is 11.1. The van der Waals surface area contributed by atoms with Crippen molar-refractivity contribution in [2.24, 2.45) is 0 Å². The van der Waals surface area contributed by atoms with Gasteiger partial charge in [0.15, 0.2) is 5.69 Å². The van der Waals surface area contributed by atoms with Gasteiger partial charge in [-0.2, -0.15) is 0 Å². The van der Waals surface area contributed by atoms with E-state index in [1.165, 1.54) is 0 Å². The number of carboxylic acids is 1. The van der Waals surface area contributed by atoms with E-state index in [9.17, 15) is 4.79 Å². The predicted molar refractivity (Wildman–Crippen MR) is 74.6 cm³/mol. The number of methoxy groups -OCH3 is 1. The number of nitrogens with zero attached hydrogens (tertiary/aromatic N) is 3. The van der Waals surface area contributed by atoms with E-state index < -0.39 is 5.97 Å². The van der Waals surface area contributed by atoms with E-state index in [-0.39, 0.29) is 11.6 Å². The summed E-state index contributed by atoms with van der Waals surface area (Å²) in [6, 6.07) is 0. The van der Waals surface area contributed by atoms with Crippen LogP contribution in [-0.2, 0) is 20.8 Å². The van der Waals surface area contributed by atoms with E-state index in [4.69, 9.17) is 19.3 Å². The number of ether oxygens (including phenoxy) is 3. The lowest BCUT2D eigenvalue weighted by atomic mass is 10.1. The molecule has 8 heteroatoms. The third-order valence-corrected chi connectivity index (χ3v) is 2.77. The van der Waals surface area contributed by atoms with E-state index >= 15 is 0 Å². The molecule has 0 aromatic carbocycles. The fourth-order valence-corrected chi connectivity index (χ4v) is 1.82. The van der Waals surface area contributed by atoms with Crippen molar-refractivity contribution in [1.29, 1.82) is 0 Å². The Kier molecular flexibility index (Phi) is 7.88. The van der Waals surface area contributed by atoms with E-state index in [1.54, 1.807) is 11.8 Å². The number of aromatic nitrogens is 3. The summed E-state index contributed by atoms with van der Waals surface area (Å²) in [6.07, 6.45) is 0. The minimum absolute atomic E-state index is 0.00731. The molecule has 1 heterocycles. The summed E-state index contributed by atoms with van der Waals surface area (Å²) in [7, 11) is 1.62. The Balaban J connectivity index is 2.34. The average Bonchev–Trinajstić information content (AvgIpc) is 2.86. The van der Waals surface area contributed by atoms with Gasteiger partial charge in [0.1, 0.15) is 0 Å². The lowest BCUT2D eigenvalue weighted by Gasteiger charge is -2.10. The molecule has 0 saturated carbocycles. The number of hydrogen-bond donors (Lipinski definition) is 1. The quantitative estimate of drug-likeness (QED) is 0.603. The average molecular weight is 301 g/mol. The van der Waals surface area contributed by atoms with Gasteiger partial charge in [-0.25, -0.2) is 9.48 Å². The molecule has 1 aromatic heterocycles. The smallest absolute Gasteiger partial charge is 0.358 e. The van der Waals surface area contributed by atoms with Crippen molar-refractivity contribution in [1.82, 2.24) is 15.0 Å². The van der Waals surface area contributed by atoms with Gasteiger partial charge in [0.25, 0.3) is 0 Å². The second kappa shape index (κ2) is 9.43. The molecular formula is C13H23N3O5. The molecular weight excluding hydrogens is 278 g/mol. The third kappa shape index (κ3) is 5.78. The molecule has 0 bridgehead atoms. The molecule has 0 saturated heterocycles. The van der Waals surface area contributed by atoms with E-state index in [1.807, 2.05) is 13.8 Å². The van der Waals surface area contributed by atoms with Gasteiger partial charge >= 0.3 is 5.97 Å². The first-order valence-corrected chi connectivity index (χ1v) is 6.89. The van der Waals surface area contributed by atoms with Gasteiger partial charge < -0.3 is 19.3 Å². The van der Waals surface area contributed by atoms with Crippen LogP contribution in [0.3, 0.4) is 0 Å². The number of carbonyl (C=O) groups is 1. The zero-order valence-electron chi connectivity index (χ0n) is 12.7. The van der Waals surface area contributed by atoms with Gasteiger partial charge in [-0.05, 0) is 5.92 Å². The summed E-state index contributed by atoms with van der Waals surface area (Å²) in [5, 5.41) is 16.6. The molecule has 0 aliphatic carbocycles. The van der Waals surface area contributed by atoms with Crippen LogP contribution in [0.1, 0.15) is 35.9 Å². The summed E-state index contributed by atoms with van der Waals surface area (Å²) >= 11 is 0. The van der Waals surface area contributed by atoms with Crippen LogP contribution in [0.2, 0.25) is 0 Å². The van der Waals surface area contributed by atoms with Crippen LogP contribution in [0.15, 0.2) is 0 Å². The summed E-state index contributed by atoms with van der Waals surface area (Å²) in [5.74, 6) is -1.03. The lowest BCUT2D eigenvalue weighted by Crippen LogP contribution is -2.15. The van der Waals surface area contributed by atoms with Crippen molar-refractivity contribution < 1.29 is 24.1 Å². The van der Waals surface area contributed by atoms with Gasteiger partial charge in [0, 0.05) is 7.11 Å². The Morgan fingerprint density at radius 3 is 2.38 bits per heavy atom. The van der Waals surface area contributed by atoms with Gasteiger partial charge in [-0.1, -0.05) is 19.1 Å². The molecule has 0 unspecified atom stereocenters. The highest BCUT2D eigenvalue weighted by atomic mass is 16.5. The minimum Gasteiger partial charge on any atom is -0.476 e. The first kappa shape index (κ1) is 17.5. The molecule has 0 spiro atoms. The minimum atomic E-state index is -1.06. The normalized spacial score (nSPS) is 11.2. The maximum Gasteiger partial charge on any atom is 0.358 e. The van der Waals surface area contributed by atoms with Gasteiger partial charge in [0.05, 0.1) is 45.3 Å². The van der Waals surface area contributed by atoms with Crippen molar-refractivity contribution in [2.45, 2.75) is 26.3 Å². The molecule has 0 aliphatic rings. The Morgan fingerprint density at radius 2 is 1.81 bits per heavy atom. The summed E-state index contributed by atoms with van der Waals surface area (Å²) in [6.45, 7) is 6.79. The number of aromatic carboxylic acids is 1. The number of carboxylic acid groups (broad SMARTS) is 1. The molecule has 120 valence electrons. The van der Waals surface area contributed by atoms with E-state index in [0.29, 0.717) is 45.3 Å². The molecule has 1 aromatic rings. The Labute approximate surface area is 124 Å². The molecule has 1 N–H and O–H groups in total. The highest BCUT2D eigenvalue weighted by molar-refractivity contribution is 5.86. The fraction of sp³-hybridized carbons (Fsp3) is 0.769. The first-order valence-electron chi connectivity index (χ1n) is 6.89. The molecule has 21 heavy (non-hydrogen) atoms. The van der Waals surface area contributed by atoms with Gasteiger partial charge in [-0.15, -0.1) is 5.10 Å². The van der Waals surface area contributed by atoms with E-state index in [2.05, 4.69) is 10.3 Å². The fourth-order valence-electron chi connectivity index (χ4n) is 1.82. The van der Waals surface area contributed by atoms with Crippen molar-refractivity contribution in [3.63, 3.8) is 0 Å². The Hall–Kier alpha value is -1.51. The molecule has 0 amide bonds. The molecule has 0 atom stereocenters. The SMILES string of the molecule is COCCOCCOCCn1nnc(C(=O)O)c1C(C)C.